The molecular formula is C19H28N2O. The van der Waals surface area contributed by atoms with Crippen LogP contribution in [-0.2, 0) is 17.6 Å². The number of likely N-dealkylation sites (tertiary alicyclic amines) is 1. The molecule has 1 heterocycles. The van der Waals surface area contributed by atoms with Gasteiger partial charge in [0.1, 0.15) is 0 Å². The largest absolute Gasteiger partial charge is 0.353 e. The first-order valence-corrected chi connectivity index (χ1v) is 8.86. The number of benzene rings is 1. The molecule has 0 radical (unpaired) electrons. The second-order valence-electron chi connectivity index (χ2n) is 6.78. The number of carbonyl (C=O) groups excluding carboxylic acids is 1. The fourth-order valence-electron chi connectivity index (χ4n) is 3.35. The average molecular weight is 300 g/mol. The lowest BCUT2D eigenvalue weighted by Crippen LogP contribution is -2.45. The van der Waals surface area contributed by atoms with E-state index in [2.05, 4.69) is 41.4 Å². The number of aryl methyl sites for hydroxylation is 2. The molecule has 3 rings (SSSR count). The Hall–Kier alpha value is -1.35. The summed E-state index contributed by atoms with van der Waals surface area (Å²) >= 11 is 0. The van der Waals surface area contributed by atoms with E-state index in [-0.39, 0.29) is 5.91 Å². The zero-order valence-corrected chi connectivity index (χ0v) is 13.7. The summed E-state index contributed by atoms with van der Waals surface area (Å²) in [6.07, 6.45) is 7.52. The number of piperidine rings is 1. The average Bonchev–Trinajstić information content (AvgIpc) is 3.39. The van der Waals surface area contributed by atoms with Crippen LogP contribution in [0.1, 0.15) is 50.2 Å². The molecule has 1 aliphatic heterocycles. The minimum atomic E-state index is 0.212. The van der Waals surface area contributed by atoms with Crippen molar-refractivity contribution in [2.45, 2.75) is 64.0 Å². The van der Waals surface area contributed by atoms with Crippen molar-refractivity contribution >= 4 is 5.91 Å². The zero-order valence-electron chi connectivity index (χ0n) is 13.7. The van der Waals surface area contributed by atoms with Crippen molar-refractivity contribution in [3.8, 4) is 0 Å². The second-order valence-corrected chi connectivity index (χ2v) is 6.78. The molecule has 2 aliphatic rings. The number of hydrogen-bond donors (Lipinski definition) is 1. The van der Waals surface area contributed by atoms with E-state index in [4.69, 9.17) is 0 Å². The van der Waals surface area contributed by atoms with Gasteiger partial charge in [-0.15, -0.1) is 0 Å². The molecule has 1 aromatic rings. The highest BCUT2D eigenvalue weighted by atomic mass is 16.1. The highest BCUT2D eigenvalue weighted by molar-refractivity contribution is 5.76. The predicted molar refractivity (Wildman–Crippen MR) is 89.9 cm³/mol. The summed E-state index contributed by atoms with van der Waals surface area (Å²) in [7, 11) is 0. The molecule has 0 aromatic heterocycles. The first kappa shape index (κ1) is 15.5. The minimum absolute atomic E-state index is 0.212. The van der Waals surface area contributed by atoms with Crippen LogP contribution in [0.4, 0.5) is 0 Å². The molecule has 0 atom stereocenters. The number of nitrogens with one attached hydrogen (secondary N) is 1. The quantitative estimate of drug-likeness (QED) is 0.876. The fraction of sp³-hybridized carbons (Fsp3) is 0.632. The topological polar surface area (TPSA) is 32.3 Å². The summed E-state index contributed by atoms with van der Waals surface area (Å²) < 4.78 is 0. The Morgan fingerprint density at radius 2 is 1.73 bits per heavy atom. The highest BCUT2D eigenvalue weighted by Gasteiger charge is 2.31. The van der Waals surface area contributed by atoms with Gasteiger partial charge in [0.25, 0.3) is 0 Å². The second kappa shape index (κ2) is 7.28. The Kier molecular flexibility index (Phi) is 5.14. The molecule has 1 N–H and O–H groups in total. The number of hydrogen-bond acceptors (Lipinski definition) is 2. The minimum Gasteiger partial charge on any atom is -0.353 e. The molecular weight excluding hydrogens is 272 g/mol. The van der Waals surface area contributed by atoms with E-state index in [1.165, 1.54) is 24.0 Å². The van der Waals surface area contributed by atoms with Gasteiger partial charge in [0.15, 0.2) is 0 Å². The van der Waals surface area contributed by atoms with E-state index in [1.807, 2.05) is 0 Å². The molecule has 3 heteroatoms. The Morgan fingerprint density at radius 1 is 1.09 bits per heavy atom. The molecule has 1 aromatic carbocycles. The Bertz CT molecular complexity index is 485. The summed E-state index contributed by atoms with van der Waals surface area (Å²) in [5.74, 6) is 0.212. The van der Waals surface area contributed by atoms with E-state index in [1.54, 1.807) is 0 Å². The van der Waals surface area contributed by atoms with E-state index >= 15 is 0 Å². The van der Waals surface area contributed by atoms with Crippen LogP contribution < -0.4 is 5.32 Å². The highest BCUT2D eigenvalue weighted by Crippen LogP contribution is 2.29. The fourth-order valence-corrected chi connectivity index (χ4v) is 3.35. The molecule has 1 saturated heterocycles. The van der Waals surface area contributed by atoms with Crippen molar-refractivity contribution < 1.29 is 4.79 Å². The first-order valence-electron chi connectivity index (χ1n) is 8.86. The van der Waals surface area contributed by atoms with Crippen LogP contribution in [0.15, 0.2) is 24.3 Å². The van der Waals surface area contributed by atoms with Gasteiger partial charge < -0.3 is 10.2 Å². The van der Waals surface area contributed by atoms with Gasteiger partial charge >= 0.3 is 0 Å². The van der Waals surface area contributed by atoms with E-state index < -0.39 is 0 Å². The maximum absolute atomic E-state index is 12.1. The van der Waals surface area contributed by atoms with Crippen molar-refractivity contribution in [2.24, 2.45) is 0 Å². The van der Waals surface area contributed by atoms with Crippen molar-refractivity contribution in [3.05, 3.63) is 35.4 Å². The van der Waals surface area contributed by atoms with E-state index in [9.17, 15) is 4.79 Å². The van der Waals surface area contributed by atoms with Gasteiger partial charge in [0.2, 0.25) is 5.91 Å². The lowest BCUT2D eigenvalue weighted by Gasteiger charge is -2.32. The van der Waals surface area contributed by atoms with Crippen LogP contribution in [0.3, 0.4) is 0 Å². The van der Waals surface area contributed by atoms with Crippen molar-refractivity contribution in [1.82, 2.24) is 10.2 Å². The van der Waals surface area contributed by atoms with Crippen LogP contribution in [0.2, 0.25) is 0 Å². The van der Waals surface area contributed by atoms with Gasteiger partial charge in [-0.1, -0.05) is 31.2 Å². The summed E-state index contributed by atoms with van der Waals surface area (Å²) in [5, 5.41) is 3.23. The third kappa shape index (κ3) is 4.33. The maximum Gasteiger partial charge on any atom is 0.220 e. The van der Waals surface area contributed by atoms with Crippen LogP contribution in [-0.4, -0.2) is 36.0 Å². The standard InChI is InChI=1S/C19H28N2O/c1-2-15-3-5-16(6-4-15)7-10-19(22)20-17-11-13-21(14-12-17)18-8-9-18/h3-6,17-18H,2,7-14H2,1H3,(H,20,22). The normalized spacial score (nSPS) is 20.0. The zero-order chi connectivity index (χ0) is 15.4. The Morgan fingerprint density at radius 3 is 2.32 bits per heavy atom. The van der Waals surface area contributed by atoms with Crippen molar-refractivity contribution in [2.75, 3.05) is 13.1 Å². The maximum atomic E-state index is 12.1. The van der Waals surface area contributed by atoms with Crippen molar-refractivity contribution in [3.63, 3.8) is 0 Å². The van der Waals surface area contributed by atoms with Gasteiger partial charge in [0, 0.05) is 31.6 Å². The summed E-state index contributed by atoms with van der Waals surface area (Å²) in [4.78, 5) is 14.7. The molecule has 0 spiro atoms. The number of amides is 1. The van der Waals surface area contributed by atoms with Gasteiger partial charge in [-0.2, -0.15) is 0 Å². The third-order valence-corrected chi connectivity index (χ3v) is 5.03. The smallest absolute Gasteiger partial charge is 0.220 e. The monoisotopic (exact) mass is 300 g/mol. The summed E-state index contributed by atoms with van der Waals surface area (Å²) in [5.41, 5.74) is 2.62. The van der Waals surface area contributed by atoms with Gasteiger partial charge in [0.05, 0.1) is 0 Å². The van der Waals surface area contributed by atoms with Crippen LogP contribution in [0.25, 0.3) is 0 Å². The third-order valence-electron chi connectivity index (χ3n) is 5.03. The first-order chi connectivity index (χ1) is 10.7. The van der Waals surface area contributed by atoms with Crippen LogP contribution >= 0.6 is 0 Å². The molecule has 1 amide bonds. The lowest BCUT2D eigenvalue weighted by molar-refractivity contribution is -0.122. The van der Waals surface area contributed by atoms with Crippen LogP contribution in [0, 0.1) is 0 Å². The van der Waals surface area contributed by atoms with Gasteiger partial charge in [-0.05, 0) is 49.7 Å². The molecule has 3 nitrogen and oxygen atoms in total. The number of carbonyl (C=O) groups is 1. The molecule has 22 heavy (non-hydrogen) atoms. The molecule has 1 aliphatic carbocycles. The molecule has 2 fully saturated rings. The molecule has 0 bridgehead atoms. The lowest BCUT2D eigenvalue weighted by atomic mass is 10.0. The van der Waals surface area contributed by atoms with Gasteiger partial charge in [-0.25, -0.2) is 0 Å². The summed E-state index contributed by atoms with van der Waals surface area (Å²) in [6.45, 7) is 4.49. The van der Waals surface area contributed by atoms with Gasteiger partial charge in [-0.3, -0.25) is 4.79 Å². The summed E-state index contributed by atoms with van der Waals surface area (Å²) in [6, 6.07) is 9.90. The SMILES string of the molecule is CCc1ccc(CCC(=O)NC2CCN(C3CC3)CC2)cc1. The molecule has 0 unspecified atom stereocenters. The Balaban J connectivity index is 1.37. The van der Waals surface area contributed by atoms with Crippen LogP contribution in [0.5, 0.6) is 0 Å². The molecule has 1 saturated carbocycles. The van der Waals surface area contributed by atoms with E-state index in [0.717, 1.165) is 44.8 Å². The van der Waals surface area contributed by atoms with E-state index in [0.29, 0.717) is 12.5 Å². The predicted octanol–water partition coefficient (Wildman–Crippen LogP) is 2.92. The van der Waals surface area contributed by atoms with Crippen molar-refractivity contribution in [1.29, 1.82) is 0 Å². The number of rotatable bonds is 6. The molecule has 120 valence electrons. The Labute approximate surface area is 134 Å². The number of nitrogens with zero attached hydrogens (tertiary/aromatic N) is 1.